The lowest BCUT2D eigenvalue weighted by molar-refractivity contribution is 0.0946. The first-order chi connectivity index (χ1) is 9.70. The van der Waals surface area contributed by atoms with E-state index in [2.05, 4.69) is 22.6 Å². The Hall–Kier alpha value is -1.39. The van der Waals surface area contributed by atoms with Gasteiger partial charge in [0.1, 0.15) is 0 Å². The molecule has 1 aliphatic rings. The van der Waals surface area contributed by atoms with E-state index in [-0.39, 0.29) is 5.91 Å². The maximum atomic E-state index is 12.3. The van der Waals surface area contributed by atoms with Crippen LogP contribution in [-0.4, -0.2) is 51.1 Å². The zero-order valence-corrected chi connectivity index (χ0v) is 12.5. The maximum Gasteiger partial charge on any atom is 0.251 e. The Labute approximate surface area is 121 Å². The molecule has 0 saturated carbocycles. The number of carbonyl (C=O) groups is 1. The molecule has 1 fully saturated rings. The van der Waals surface area contributed by atoms with Crippen LogP contribution in [0.5, 0.6) is 0 Å². The summed E-state index contributed by atoms with van der Waals surface area (Å²) in [5, 5.41) is 6.22. The van der Waals surface area contributed by atoms with Gasteiger partial charge in [0.25, 0.3) is 5.91 Å². The highest BCUT2D eigenvalue weighted by atomic mass is 16.1. The van der Waals surface area contributed by atoms with Crippen molar-refractivity contribution >= 4 is 5.91 Å². The number of benzene rings is 1. The third-order valence-electron chi connectivity index (χ3n) is 3.95. The van der Waals surface area contributed by atoms with E-state index < -0.39 is 0 Å². The minimum atomic E-state index is 0.0613. The second-order valence-corrected chi connectivity index (χ2v) is 5.64. The predicted molar refractivity (Wildman–Crippen MR) is 82.0 cm³/mol. The Morgan fingerprint density at radius 2 is 2.20 bits per heavy atom. The Balaban J connectivity index is 1.91. The second kappa shape index (κ2) is 7.41. The Bertz CT molecular complexity index is 447. The molecular formula is C16H25N3O. The number of nitrogens with one attached hydrogen (secondary N) is 2. The molecule has 2 N–H and O–H groups in total. The molecule has 1 aromatic carbocycles. The van der Waals surface area contributed by atoms with Crippen LogP contribution in [0, 0.1) is 5.92 Å². The van der Waals surface area contributed by atoms with Crippen LogP contribution in [0.15, 0.2) is 24.3 Å². The van der Waals surface area contributed by atoms with Crippen molar-refractivity contribution in [3.63, 3.8) is 0 Å². The van der Waals surface area contributed by atoms with Crippen molar-refractivity contribution in [2.45, 2.75) is 12.8 Å². The third-order valence-corrected chi connectivity index (χ3v) is 3.95. The number of nitrogens with zero attached hydrogens (tertiary/aromatic N) is 1. The lowest BCUT2D eigenvalue weighted by Gasteiger charge is -2.13. The summed E-state index contributed by atoms with van der Waals surface area (Å²) >= 11 is 0. The normalized spacial score (nSPS) is 19.2. The molecule has 4 heteroatoms. The number of carbonyl (C=O) groups excluding carboxylic acids is 1. The Morgan fingerprint density at radius 1 is 1.40 bits per heavy atom. The van der Waals surface area contributed by atoms with Crippen LogP contribution in [0.3, 0.4) is 0 Å². The molecule has 0 aliphatic carbocycles. The fourth-order valence-corrected chi connectivity index (χ4v) is 2.74. The van der Waals surface area contributed by atoms with Crippen LogP contribution < -0.4 is 10.6 Å². The molecule has 1 atom stereocenters. The van der Waals surface area contributed by atoms with Crippen LogP contribution >= 0.6 is 0 Å². The molecule has 2 rings (SSSR count). The molecule has 1 amide bonds. The molecule has 1 saturated heterocycles. The van der Waals surface area contributed by atoms with E-state index in [0.29, 0.717) is 5.92 Å². The second-order valence-electron chi connectivity index (χ2n) is 5.64. The smallest absolute Gasteiger partial charge is 0.251 e. The highest BCUT2D eigenvalue weighted by Gasteiger charge is 2.20. The van der Waals surface area contributed by atoms with Gasteiger partial charge in [-0.15, -0.1) is 0 Å². The highest BCUT2D eigenvalue weighted by Crippen LogP contribution is 2.14. The number of rotatable bonds is 6. The van der Waals surface area contributed by atoms with Crippen LogP contribution in [0.25, 0.3) is 0 Å². The summed E-state index contributed by atoms with van der Waals surface area (Å²) in [6, 6.07) is 7.88. The van der Waals surface area contributed by atoms with Gasteiger partial charge < -0.3 is 15.5 Å². The SMILES string of the molecule is CNCCc1ccccc1C(=O)NCC1CCN(C)C1. The van der Waals surface area contributed by atoms with Gasteiger partial charge in [0.15, 0.2) is 0 Å². The van der Waals surface area contributed by atoms with Gasteiger partial charge in [-0.2, -0.15) is 0 Å². The van der Waals surface area contributed by atoms with Crippen molar-refractivity contribution in [1.29, 1.82) is 0 Å². The largest absolute Gasteiger partial charge is 0.352 e. The van der Waals surface area contributed by atoms with Gasteiger partial charge in [0.2, 0.25) is 0 Å². The van der Waals surface area contributed by atoms with Crippen molar-refractivity contribution in [2.75, 3.05) is 40.3 Å². The fourth-order valence-electron chi connectivity index (χ4n) is 2.74. The molecule has 4 nitrogen and oxygen atoms in total. The first kappa shape index (κ1) is 15.0. The summed E-state index contributed by atoms with van der Waals surface area (Å²) in [5.41, 5.74) is 1.93. The minimum Gasteiger partial charge on any atom is -0.352 e. The quantitative estimate of drug-likeness (QED) is 0.818. The maximum absolute atomic E-state index is 12.3. The van der Waals surface area contributed by atoms with Crippen molar-refractivity contribution in [1.82, 2.24) is 15.5 Å². The number of likely N-dealkylation sites (tertiary alicyclic amines) is 1. The Morgan fingerprint density at radius 3 is 2.90 bits per heavy atom. The van der Waals surface area contributed by atoms with E-state index in [1.165, 1.54) is 6.42 Å². The molecule has 0 aromatic heterocycles. The fraction of sp³-hybridized carbons (Fsp3) is 0.562. The average Bonchev–Trinajstić information content (AvgIpc) is 2.88. The van der Waals surface area contributed by atoms with Crippen molar-refractivity contribution < 1.29 is 4.79 Å². The van der Waals surface area contributed by atoms with Crippen molar-refractivity contribution in [3.05, 3.63) is 35.4 Å². The van der Waals surface area contributed by atoms with Gasteiger partial charge in [0.05, 0.1) is 0 Å². The van der Waals surface area contributed by atoms with E-state index in [9.17, 15) is 4.79 Å². The first-order valence-corrected chi connectivity index (χ1v) is 7.40. The number of hydrogen-bond donors (Lipinski definition) is 2. The molecule has 1 aliphatic heterocycles. The van der Waals surface area contributed by atoms with Gasteiger partial charge >= 0.3 is 0 Å². The average molecular weight is 275 g/mol. The molecule has 1 unspecified atom stereocenters. The molecular weight excluding hydrogens is 250 g/mol. The van der Waals surface area contributed by atoms with Crippen LogP contribution in [-0.2, 0) is 6.42 Å². The lowest BCUT2D eigenvalue weighted by Crippen LogP contribution is -2.31. The van der Waals surface area contributed by atoms with Gasteiger partial charge in [-0.3, -0.25) is 4.79 Å². The zero-order chi connectivity index (χ0) is 14.4. The summed E-state index contributed by atoms with van der Waals surface area (Å²) in [6.45, 7) is 3.89. The topological polar surface area (TPSA) is 44.4 Å². The van der Waals surface area contributed by atoms with E-state index >= 15 is 0 Å². The van der Waals surface area contributed by atoms with E-state index in [4.69, 9.17) is 0 Å². The highest BCUT2D eigenvalue weighted by molar-refractivity contribution is 5.95. The number of likely N-dealkylation sites (N-methyl/N-ethyl adjacent to an activating group) is 1. The third kappa shape index (κ3) is 4.05. The molecule has 0 bridgehead atoms. The molecule has 0 spiro atoms. The van der Waals surface area contributed by atoms with E-state index in [0.717, 1.165) is 43.7 Å². The number of hydrogen-bond acceptors (Lipinski definition) is 3. The van der Waals surface area contributed by atoms with Gasteiger partial charge in [-0.25, -0.2) is 0 Å². The van der Waals surface area contributed by atoms with E-state index in [1.54, 1.807) is 0 Å². The van der Waals surface area contributed by atoms with Crippen LogP contribution in [0.2, 0.25) is 0 Å². The molecule has 0 radical (unpaired) electrons. The van der Waals surface area contributed by atoms with Gasteiger partial charge in [0, 0.05) is 18.7 Å². The molecule has 20 heavy (non-hydrogen) atoms. The zero-order valence-electron chi connectivity index (χ0n) is 12.5. The lowest BCUT2D eigenvalue weighted by atomic mass is 10.0. The Kier molecular flexibility index (Phi) is 5.56. The molecule has 1 aromatic rings. The number of amides is 1. The summed E-state index contributed by atoms with van der Waals surface area (Å²) in [5.74, 6) is 0.652. The monoisotopic (exact) mass is 275 g/mol. The molecule has 110 valence electrons. The minimum absolute atomic E-state index is 0.0613. The summed E-state index contributed by atoms with van der Waals surface area (Å²) in [6.07, 6.45) is 2.06. The van der Waals surface area contributed by atoms with E-state index in [1.807, 2.05) is 31.3 Å². The van der Waals surface area contributed by atoms with Crippen molar-refractivity contribution in [2.24, 2.45) is 5.92 Å². The summed E-state index contributed by atoms with van der Waals surface area (Å²) in [7, 11) is 4.06. The standard InChI is InChI=1S/C16H25N3O/c1-17-9-7-14-5-3-4-6-15(14)16(20)18-11-13-8-10-19(2)12-13/h3-6,13,17H,7-12H2,1-2H3,(H,18,20). The first-order valence-electron chi connectivity index (χ1n) is 7.40. The van der Waals surface area contributed by atoms with Gasteiger partial charge in [-0.1, -0.05) is 18.2 Å². The summed E-state index contributed by atoms with van der Waals surface area (Å²) in [4.78, 5) is 14.6. The van der Waals surface area contributed by atoms with Crippen LogP contribution in [0.4, 0.5) is 0 Å². The van der Waals surface area contributed by atoms with Crippen LogP contribution in [0.1, 0.15) is 22.3 Å². The van der Waals surface area contributed by atoms with Gasteiger partial charge in [-0.05, 0) is 57.6 Å². The predicted octanol–water partition coefficient (Wildman–Crippen LogP) is 1.13. The molecule has 1 heterocycles. The summed E-state index contributed by atoms with van der Waals surface area (Å²) < 4.78 is 0. The van der Waals surface area contributed by atoms with Crippen molar-refractivity contribution in [3.8, 4) is 0 Å².